The van der Waals surface area contributed by atoms with Gasteiger partial charge in [-0.3, -0.25) is 0 Å². The van der Waals surface area contributed by atoms with Gasteiger partial charge in [0.25, 0.3) is 0 Å². The molecule has 2 aromatic rings. The van der Waals surface area contributed by atoms with Crippen molar-refractivity contribution in [2.45, 2.75) is 12.2 Å². The van der Waals surface area contributed by atoms with Gasteiger partial charge in [0.2, 0.25) is 0 Å². The number of fused-ring (bicyclic) bond motifs is 1. The van der Waals surface area contributed by atoms with Gasteiger partial charge in [0.05, 0.1) is 12.4 Å². The van der Waals surface area contributed by atoms with Gasteiger partial charge >= 0.3 is 0 Å². The molecule has 1 unspecified atom stereocenters. The summed E-state index contributed by atoms with van der Waals surface area (Å²) in [4.78, 5) is 0. The van der Waals surface area contributed by atoms with Gasteiger partial charge in [-0.2, -0.15) is 12.6 Å². The zero-order valence-corrected chi connectivity index (χ0v) is 9.04. The van der Waals surface area contributed by atoms with E-state index >= 15 is 0 Å². The minimum atomic E-state index is 0.104. The van der Waals surface area contributed by atoms with Crippen LogP contribution in [0.4, 0.5) is 0 Å². The number of para-hydroxylation sites is 1. The number of furan rings is 1. The van der Waals surface area contributed by atoms with Gasteiger partial charge < -0.3 is 9.15 Å². The Labute approximate surface area is 88.3 Å². The molecule has 0 saturated carbocycles. The molecule has 0 N–H and O–H groups in total. The van der Waals surface area contributed by atoms with Crippen LogP contribution in [0.1, 0.15) is 17.9 Å². The molecule has 1 aromatic carbocycles. The lowest BCUT2D eigenvalue weighted by Crippen LogP contribution is -1.81. The summed E-state index contributed by atoms with van der Waals surface area (Å²) in [6.07, 6.45) is 0. The number of hydrogen-bond acceptors (Lipinski definition) is 3. The summed E-state index contributed by atoms with van der Waals surface area (Å²) in [5.74, 6) is 1.63. The van der Waals surface area contributed by atoms with Crippen LogP contribution in [-0.2, 0) is 0 Å². The van der Waals surface area contributed by atoms with Crippen molar-refractivity contribution in [1.82, 2.24) is 0 Å². The van der Waals surface area contributed by atoms with E-state index in [0.717, 1.165) is 22.5 Å². The lowest BCUT2D eigenvalue weighted by molar-refractivity contribution is 0.407. The predicted molar refractivity (Wildman–Crippen MR) is 60.2 cm³/mol. The minimum absolute atomic E-state index is 0.104. The summed E-state index contributed by atoms with van der Waals surface area (Å²) in [6, 6.07) is 7.83. The molecule has 1 atom stereocenters. The van der Waals surface area contributed by atoms with E-state index < -0.39 is 0 Å². The summed E-state index contributed by atoms with van der Waals surface area (Å²) in [7, 11) is 1.64. The van der Waals surface area contributed by atoms with Gasteiger partial charge in [-0.15, -0.1) is 0 Å². The molecule has 0 aliphatic rings. The van der Waals surface area contributed by atoms with E-state index in [-0.39, 0.29) is 5.25 Å². The van der Waals surface area contributed by atoms with Crippen LogP contribution in [0.15, 0.2) is 28.7 Å². The van der Waals surface area contributed by atoms with Gasteiger partial charge in [0, 0.05) is 5.39 Å². The van der Waals surface area contributed by atoms with Crippen molar-refractivity contribution in [3.05, 3.63) is 30.0 Å². The van der Waals surface area contributed by atoms with E-state index in [9.17, 15) is 0 Å². The molecule has 0 radical (unpaired) electrons. The molecule has 0 amide bonds. The number of rotatable bonds is 2. The molecular weight excluding hydrogens is 196 g/mol. The van der Waals surface area contributed by atoms with Crippen LogP contribution in [0, 0.1) is 0 Å². The highest BCUT2D eigenvalue weighted by atomic mass is 32.1. The van der Waals surface area contributed by atoms with Crippen LogP contribution in [0.5, 0.6) is 5.75 Å². The first-order valence-electron chi connectivity index (χ1n) is 4.47. The van der Waals surface area contributed by atoms with Gasteiger partial charge in [-0.1, -0.05) is 12.1 Å². The zero-order chi connectivity index (χ0) is 10.1. The molecule has 0 bridgehead atoms. The summed E-state index contributed by atoms with van der Waals surface area (Å²) in [5, 5.41) is 1.16. The second-order valence-corrected chi connectivity index (χ2v) is 3.98. The Kier molecular flexibility index (Phi) is 2.42. The van der Waals surface area contributed by atoms with E-state index in [4.69, 9.17) is 9.15 Å². The summed E-state index contributed by atoms with van der Waals surface area (Å²) < 4.78 is 10.9. The highest BCUT2D eigenvalue weighted by molar-refractivity contribution is 7.80. The minimum Gasteiger partial charge on any atom is -0.493 e. The number of thiol groups is 1. The van der Waals surface area contributed by atoms with Crippen LogP contribution in [0.25, 0.3) is 11.0 Å². The van der Waals surface area contributed by atoms with Crippen molar-refractivity contribution >= 4 is 23.6 Å². The van der Waals surface area contributed by atoms with Crippen molar-refractivity contribution in [2.75, 3.05) is 7.11 Å². The molecule has 2 nitrogen and oxygen atoms in total. The smallest absolute Gasteiger partial charge is 0.176 e. The molecule has 0 aliphatic heterocycles. The van der Waals surface area contributed by atoms with Crippen LogP contribution >= 0.6 is 12.6 Å². The number of hydrogen-bond donors (Lipinski definition) is 1. The third kappa shape index (κ3) is 1.48. The molecule has 0 fully saturated rings. The fourth-order valence-corrected chi connectivity index (χ4v) is 1.55. The first kappa shape index (κ1) is 9.46. The topological polar surface area (TPSA) is 22.4 Å². The average Bonchev–Trinajstić information content (AvgIpc) is 2.60. The maximum Gasteiger partial charge on any atom is 0.176 e. The maximum absolute atomic E-state index is 5.65. The monoisotopic (exact) mass is 208 g/mol. The first-order chi connectivity index (χ1) is 6.72. The Bertz CT molecular complexity index is 445. The lowest BCUT2D eigenvalue weighted by atomic mass is 10.2. The summed E-state index contributed by atoms with van der Waals surface area (Å²) >= 11 is 4.33. The molecule has 3 heteroatoms. The third-order valence-electron chi connectivity index (χ3n) is 2.16. The van der Waals surface area contributed by atoms with Crippen molar-refractivity contribution < 1.29 is 9.15 Å². The molecule has 0 spiro atoms. The van der Waals surface area contributed by atoms with Crippen LogP contribution in [-0.4, -0.2) is 7.11 Å². The van der Waals surface area contributed by atoms with E-state index in [1.165, 1.54) is 0 Å². The summed E-state index contributed by atoms with van der Waals surface area (Å²) in [6.45, 7) is 1.98. The van der Waals surface area contributed by atoms with Crippen LogP contribution < -0.4 is 4.74 Å². The van der Waals surface area contributed by atoms with Gasteiger partial charge in [0.1, 0.15) is 5.76 Å². The van der Waals surface area contributed by atoms with Gasteiger partial charge in [-0.05, 0) is 19.1 Å². The normalized spacial score (nSPS) is 13.1. The second kappa shape index (κ2) is 3.58. The Morgan fingerprint density at radius 1 is 1.43 bits per heavy atom. The maximum atomic E-state index is 5.65. The van der Waals surface area contributed by atoms with E-state index in [2.05, 4.69) is 12.6 Å². The molecule has 0 saturated heterocycles. The molecule has 1 aromatic heterocycles. The van der Waals surface area contributed by atoms with Crippen molar-refractivity contribution in [3.63, 3.8) is 0 Å². The van der Waals surface area contributed by atoms with E-state index in [1.54, 1.807) is 7.11 Å². The number of benzene rings is 1. The average molecular weight is 208 g/mol. The van der Waals surface area contributed by atoms with Crippen molar-refractivity contribution in [2.24, 2.45) is 0 Å². The van der Waals surface area contributed by atoms with Crippen molar-refractivity contribution in [3.8, 4) is 5.75 Å². The Hall–Kier alpha value is -1.09. The largest absolute Gasteiger partial charge is 0.493 e. The fraction of sp³-hybridized carbons (Fsp3) is 0.273. The molecule has 14 heavy (non-hydrogen) atoms. The molecule has 1 heterocycles. The van der Waals surface area contributed by atoms with E-state index in [1.807, 2.05) is 31.2 Å². The lowest BCUT2D eigenvalue weighted by Gasteiger charge is -1.99. The Morgan fingerprint density at radius 2 is 2.21 bits per heavy atom. The van der Waals surface area contributed by atoms with Crippen molar-refractivity contribution in [1.29, 1.82) is 0 Å². The Balaban J connectivity index is 2.64. The summed E-state index contributed by atoms with van der Waals surface area (Å²) in [5.41, 5.74) is 0.797. The third-order valence-corrected chi connectivity index (χ3v) is 2.41. The number of methoxy groups -OCH3 is 1. The van der Waals surface area contributed by atoms with Gasteiger partial charge in [0.15, 0.2) is 11.3 Å². The quantitative estimate of drug-likeness (QED) is 0.764. The van der Waals surface area contributed by atoms with E-state index in [0.29, 0.717) is 0 Å². The highest BCUT2D eigenvalue weighted by Crippen LogP contribution is 2.32. The molecular formula is C11H12O2S. The van der Waals surface area contributed by atoms with Gasteiger partial charge in [-0.25, -0.2) is 0 Å². The van der Waals surface area contributed by atoms with Crippen LogP contribution in [0.2, 0.25) is 0 Å². The molecule has 0 aliphatic carbocycles. The number of ether oxygens (including phenoxy) is 1. The zero-order valence-electron chi connectivity index (χ0n) is 8.15. The first-order valence-corrected chi connectivity index (χ1v) is 4.98. The highest BCUT2D eigenvalue weighted by Gasteiger charge is 2.10. The molecule has 2 rings (SSSR count). The van der Waals surface area contributed by atoms with Crippen LogP contribution in [0.3, 0.4) is 0 Å². The second-order valence-electron chi connectivity index (χ2n) is 3.20. The SMILES string of the molecule is COc1cccc2cc(C(C)S)oc12. The standard InChI is InChI=1S/C11H12O2S/c1-7(14)10-6-8-4-3-5-9(12-2)11(8)13-10/h3-7,14H,1-2H3. The predicted octanol–water partition coefficient (Wildman–Crippen LogP) is 3.43. The molecule has 74 valence electrons. The Morgan fingerprint density at radius 3 is 2.86 bits per heavy atom. The fourth-order valence-electron chi connectivity index (χ4n) is 1.42.